The van der Waals surface area contributed by atoms with Gasteiger partial charge in [0.05, 0.1) is 6.54 Å². The zero-order chi connectivity index (χ0) is 14.2. The lowest BCUT2D eigenvalue weighted by molar-refractivity contribution is -0.136. The predicted octanol–water partition coefficient (Wildman–Crippen LogP) is 2.16. The summed E-state index contributed by atoms with van der Waals surface area (Å²) < 4.78 is 48.7. The first-order valence-corrected chi connectivity index (χ1v) is 5.96. The highest BCUT2D eigenvalue weighted by atomic mass is 19.3. The molecule has 0 radical (unpaired) electrons. The Morgan fingerprint density at radius 3 is 2.39 bits per heavy atom. The number of halogens is 4. The molecule has 108 valence electrons. The topological polar surface area (TPSA) is 55.1 Å². The van der Waals surface area contributed by atoms with Crippen molar-refractivity contribution in [3.63, 3.8) is 0 Å². The Balaban J connectivity index is 3.91. The van der Waals surface area contributed by atoms with Gasteiger partial charge in [-0.3, -0.25) is 4.79 Å². The average molecular weight is 272 g/mol. The summed E-state index contributed by atoms with van der Waals surface area (Å²) in [7, 11) is 0. The molecular formula is C11H20F4N2O. The van der Waals surface area contributed by atoms with Gasteiger partial charge >= 0.3 is 12.3 Å². The van der Waals surface area contributed by atoms with E-state index in [1.54, 1.807) is 0 Å². The Hall–Kier alpha value is -0.850. The van der Waals surface area contributed by atoms with Gasteiger partial charge in [-0.2, -0.15) is 8.78 Å². The zero-order valence-corrected chi connectivity index (χ0v) is 10.4. The third kappa shape index (κ3) is 6.78. The maximum absolute atomic E-state index is 12.5. The van der Waals surface area contributed by atoms with Crippen LogP contribution < -0.4 is 11.1 Å². The molecule has 0 spiro atoms. The molecule has 0 saturated carbocycles. The molecule has 0 aliphatic rings. The Morgan fingerprint density at radius 1 is 1.33 bits per heavy atom. The lowest BCUT2D eigenvalue weighted by atomic mass is 9.96. The fraction of sp³-hybridized carbons (Fsp3) is 0.909. The van der Waals surface area contributed by atoms with E-state index in [0.717, 1.165) is 12.8 Å². The van der Waals surface area contributed by atoms with E-state index >= 15 is 0 Å². The number of nitrogens with two attached hydrogens (primary N) is 1. The van der Waals surface area contributed by atoms with E-state index in [9.17, 15) is 22.4 Å². The smallest absolute Gasteiger partial charge is 0.324 e. The fourth-order valence-corrected chi connectivity index (χ4v) is 1.51. The largest absolute Gasteiger partial charge is 0.350 e. The van der Waals surface area contributed by atoms with Crippen LogP contribution in [0.15, 0.2) is 0 Å². The molecule has 0 heterocycles. The highest BCUT2D eigenvalue weighted by molar-refractivity contribution is 5.75. The van der Waals surface area contributed by atoms with E-state index in [0.29, 0.717) is 13.0 Å². The number of hydrogen-bond acceptors (Lipinski definition) is 2. The molecule has 1 amide bonds. The molecule has 0 aromatic heterocycles. The summed E-state index contributed by atoms with van der Waals surface area (Å²) in [6, 6.07) is 0. The van der Waals surface area contributed by atoms with Gasteiger partial charge in [-0.15, -0.1) is 0 Å². The Labute approximate surface area is 104 Å². The molecule has 1 atom stereocenters. The van der Waals surface area contributed by atoms with Crippen LogP contribution in [0.3, 0.4) is 0 Å². The van der Waals surface area contributed by atoms with Gasteiger partial charge < -0.3 is 11.1 Å². The van der Waals surface area contributed by atoms with E-state index in [1.807, 2.05) is 12.2 Å². The van der Waals surface area contributed by atoms with Crippen LogP contribution in [0, 0.1) is 5.92 Å². The van der Waals surface area contributed by atoms with Gasteiger partial charge in [-0.1, -0.05) is 13.3 Å². The molecule has 3 nitrogen and oxygen atoms in total. The Kier molecular flexibility index (Phi) is 7.90. The van der Waals surface area contributed by atoms with Crippen molar-refractivity contribution in [1.29, 1.82) is 0 Å². The molecule has 1 unspecified atom stereocenters. The second-order valence-electron chi connectivity index (χ2n) is 4.23. The number of rotatable bonds is 9. The molecule has 0 bridgehead atoms. The summed E-state index contributed by atoms with van der Waals surface area (Å²) >= 11 is 0. The van der Waals surface area contributed by atoms with Gasteiger partial charge in [0.25, 0.3) is 0 Å². The summed E-state index contributed by atoms with van der Waals surface area (Å²) in [5.41, 5.74) is 5.38. The van der Waals surface area contributed by atoms with Crippen LogP contribution in [0.25, 0.3) is 0 Å². The predicted molar refractivity (Wildman–Crippen MR) is 60.6 cm³/mol. The normalized spacial score (nSPS) is 13.7. The van der Waals surface area contributed by atoms with Crippen LogP contribution in [-0.4, -0.2) is 31.3 Å². The molecule has 18 heavy (non-hydrogen) atoms. The van der Waals surface area contributed by atoms with Crippen molar-refractivity contribution in [2.45, 2.75) is 45.0 Å². The van der Waals surface area contributed by atoms with Crippen molar-refractivity contribution >= 4 is 5.91 Å². The summed E-state index contributed by atoms with van der Waals surface area (Å²) in [4.78, 5) is 11.2. The van der Waals surface area contributed by atoms with Crippen molar-refractivity contribution < 1.29 is 22.4 Å². The molecule has 0 aromatic rings. The van der Waals surface area contributed by atoms with Crippen LogP contribution in [0.5, 0.6) is 0 Å². The minimum absolute atomic E-state index is 0.0534. The lowest BCUT2D eigenvalue weighted by Gasteiger charge is -2.17. The quantitative estimate of drug-likeness (QED) is 0.632. The molecule has 0 aliphatic carbocycles. The van der Waals surface area contributed by atoms with Crippen LogP contribution in [0.1, 0.15) is 32.6 Å². The minimum atomic E-state index is -4.17. The van der Waals surface area contributed by atoms with E-state index < -0.39 is 24.8 Å². The van der Waals surface area contributed by atoms with Crippen LogP contribution in [0.4, 0.5) is 17.6 Å². The first-order valence-electron chi connectivity index (χ1n) is 5.96. The van der Waals surface area contributed by atoms with Crippen molar-refractivity contribution in [3.05, 3.63) is 0 Å². The van der Waals surface area contributed by atoms with Gasteiger partial charge in [-0.05, 0) is 25.3 Å². The third-order valence-corrected chi connectivity index (χ3v) is 2.77. The number of carbonyl (C=O) groups is 1. The number of alkyl halides is 4. The van der Waals surface area contributed by atoms with Crippen molar-refractivity contribution in [3.8, 4) is 0 Å². The van der Waals surface area contributed by atoms with Gasteiger partial charge in [0.2, 0.25) is 5.91 Å². The molecule has 0 aliphatic heterocycles. The van der Waals surface area contributed by atoms with Crippen molar-refractivity contribution in [1.82, 2.24) is 5.32 Å². The molecule has 0 aromatic carbocycles. The molecule has 3 N–H and O–H groups in total. The number of amides is 1. The van der Waals surface area contributed by atoms with Gasteiger partial charge in [-0.25, -0.2) is 8.78 Å². The van der Waals surface area contributed by atoms with Gasteiger partial charge in [0, 0.05) is 6.42 Å². The maximum atomic E-state index is 12.5. The second kappa shape index (κ2) is 8.29. The van der Waals surface area contributed by atoms with Gasteiger partial charge in [0.15, 0.2) is 0 Å². The standard InChI is InChI=1S/C11H20F4N2O/c1-2-8(5-6-16)3-4-9(18)17-7-11(14,15)10(12)13/h8,10H,2-7,16H2,1H3,(H,17,18). The second-order valence-corrected chi connectivity index (χ2v) is 4.23. The Bertz CT molecular complexity index is 249. The first kappa shape index (κ1) is 17.2. The lowest BCUT2D eigenvalue weighted by Crippen LogP contribution is -2.41. The fourth-order valence-electron chi connectivity index (χ4n) is 1.51. The first-order chi connectivity index (χ1) is 8.33. The van der Waals surface area contributed by atoms with E-state index in [-0.39, 0.29) is 12.3 Å². The number of carbonyl (C=O) groups excluding carboxylic acids is 1. The van der Waals surface area contributed by atoms with Crippen LogP contribution >= 0.6 is 0 Å². The third-order valence-electron chi connectivity index (χ3n) is 2.77. The van der Waals surface area contributed by atoms with E-state index in [4.69, 9.17) is 5.73 Å². The number of hydrogen-bond donors (Lipinski definition) is 2. The summed E-state index contributed by atoms with van der Waals surface area (Å²) in [6.45, 7) is 1.13. The highest BCUT2D eigenvalue weighted by Gasteiger charge is 2.40. The van der Waals surface area contributed by atoms with Crippen molar-refractivity contribution in [2.75, 3.05) is 13.1 Å². The minimum Gasteiger partial charge on any atom is -0.350 e. The maximum Gasteiger partial charge on any atom is 0.324 e. The summed E-state index contributed by atoms with van der Waals surface area (Å²) in [5.74, 6) is -4.54. The number of nitrogens with one attached hydrogen (secondary N) is 1. The molecule has 0 fully saturated rings. The van der Waals surface area contributed by atoms with Crippen LogP contribution in [-0.2, 0) is 4.79 Å². The van der Waals surface area contributed by atoms with Crippen molar-refractivity contribution in [2.24, 2.45) is 11.7 Å². The zero-order valence-electron chi connectivity index (χ0n) is 10.4. The molecule has 0 saturated heterocycles. The average Bonchev–Trinajstić information content (AvgIpc) is 2.31. The monoisotopic (exact) mass is 272 g/mol. The van der Waals surface area contributed by atoms with Crippen LogP contribution in [0.2, 0.25) is 0 Å². The molecular weight excluding hydrogens is 252 g/mol. The highest BCUT2D eigenvalue weighted by Crippen LogP contribution is 2.21. The SMILES string of the molecule is CCC(CCN)CCC(=O)NCC(F)(F)C(F)F. The Morgan fingerprint density at radius 2 is 1.94 bits per heavy atom. The summed E-state index contributed by atoms with van der Waals surface area (Å²) in [5, 5.41) is 1.83. The molecule has 0 rings (SSSR count). The van der Waals surface area contributed by atoms with Gasteiger partial charge in [0.1, 0.15) is 0 Å². The summed E-state index contributed by atoms with van der Waals surface area (Å²) in [6.07, 6.45) is -1.58. The van der Waals surface area contributed by atoms with E-state index in [1.165, 1.54) is 0 Å². The molecule has 7 heteroatoms. The van der Waals surface area contributed by atoms with E-state index in [2.05, 4.69) is 0 Å².